The summed E-state index contributed by atoms with van der Waals surface area (Å²) in [5.41, 5.74) is 0.711. The summed E-state index contributed by atoms with van der Waals surface area (Å²) >= 11 is 5.93. The fourth-order valence-corrected chi connectivity index (χ4v) is 4.31. The van der Waals surface area contributed by atoms with Crippen molar-refractivity contribution in [2.24, 2.45) is 5.92 Å². The van der Waals surface area contributed by atoms with Gasteiger partial charge in [-0.15, -0.1) is 0 Å². The zero-order chi connectivity index (χ0) is 21.0. The van der Waals surface area contributed by atoms with Gasteiger partial charge in [0.2, 0.25) is 10.0 Å². The van der Waals surface area contributed by atoms with Gasteiger partial charge in [-0.05, 0) is 35.7 Å². The Kier molecular flexibility index (Phi) is 6.66. The molecule has 0 radical (unpaired) electrons. The predicted octanol–water partition coefficient (Wildman–Crippen LogP) is 3.16. The van der Waals surface area contributed by atoms with Crippen LogP contribution in [0.5, 0.6) is 11.5 Å². The molecule has 0 spiro atoms. The molecule has 1 N–H and O–H groups in total. The smallest absolute Gasteiger partial charge is 0.324 e. The zero-order valence-corrected chi connectivity index (χ0v) is 17.6. The summed E-state index contributed by atoms with van der Waals surface area (Å²) in [4.78, 5) is 12.5. The van der Waals surface area contributed by atoms with Gasteiger partial charge in [0.25, 0.3) is 0 Å². The van der Waals surface area contributed by atoms with Crippen molar-refractivity contribution in [2.45, 2.75) is 31.4 Å². The first-order valence-electron chi connectivity index (χ1n) is 9.09. The molecule has 2 aromatic carbocycles. The van der Waals surface area contributed by atoms with Gasteiger partial charge in [0.1, 0.15) is 25.9 Å². The van der Waals surface area contributed by atoms with Gasteiger partial charge in [0.15, 0.2) is 11.5 Å². The summed E-state index contributed by atoms with van der Waals surface area (Å²) in [7, 11) is -3.98. The number of fused-ring (bicyclic) bond motifs is 1. The highest BCUT2D eigenvalue weighted by molar-refractivity contribution is 7.89. The summed E-state index contributed by atoms with van der Waals surface area (Å²) in [6.07, 6.45) is 0. The number of hydrogen-bond donors (Lipinski definition) is 1. The number of halogens is 1. The minimum absolute atomic E-state index is 0.00559. The van der Waals surface area contributed by atoms with Crippen LogP contribution in [-0.4, -0.2) is 33.6 Å². The molecule has 1 aliphatic heterocycles. The fraction of sp³-hybridized carbons (Fsp3) is 0.350. The Labute approximate surface area is 175 Å². The Morgan fingerprint density at radius 1 is 1.14 bits per heavy atom. The van der Waals surface area contributed by atoms with Crippen molar-refractivity contribution in [1.82, 2.24) is 4.72 Å². The summed E-state index contributed by atoms with van der Waals surface area (Å²) in [5.74, 6) is -0.157. The number of carbonyl (C=O) groups excluding carboxylic acids is 1. The van der Waals surface area contributed by atoms with E-state index in [0.717, 1.165) is 0 Å². The Bertz CT molecular complexity index is 992. The molecule has 0 bridgehead atoms. The quantitative estimate of drug-likeness (QED) is 0.666. The molecule has 0 unspecified atom stereocenters. The van der Waals surface area contributed by atoms with E-state index < -0.39 is 22.0 Å². The van der Waals surface area contributed by atoms with Crippen LogP contribution in [0.4, 0.5) is 0 Å². The topological polar surface area (TPSA) is 90.9 Å². The molecule has 7 nitrogen and oxygen atoms in total. The minimum atomic E-state index is -3.98. The summed E-state index contributed by atoms with van der Waals surface area (Å²) in [5, 5.41) is 0.526. The molecule has 0 amide bonds. The van der Waals surface area contributed by atoms with Crippen LogP contribution in [0.1, 0.15) is 19.4 Å². The molecule has 1 aliphatic rings. The Balaban J connectivity index is 1.72. The van der Waals surface area contributed by atoms with Crippen molar-refractivity contribution in [1.29, 1.82) is 0 Å². The lowest BCUT2D eigenvalue weighted by atomic mass is 10.1. The molecule has 1 atom stereocenters. The van der Waals surface area contributed by atoms with Gasteiger partial charge >= 0.3 is 5.97 Å². The van der Waals surface area contributed by atoms with Crippen LogP contribution in [-0.2, 0) is 26.2 Å². The second-order valence-electron chi connectivity index (χ2n) is 6.89. The van der Waals surface area contributed by atoms with Gasteiger partial charge in [0.05, 0.1) is 4.90 Å². The van der Waals surface area contributed by atoms with Gasteiger partial charge in [-0.3, -0.25) is 4.79 Å². The summed E-state index contributed by atoms with van der Waals surface area (Å²) < 4.78 is 44.2. The predicted molar refractivity (Wildman–Crippen MR) is 108 cm³/mol. The van der Waals surface area contributed by atoms with Crippen molar-refractivity contribution >= 4 is 27.6 Å². The SMILES string of the molecule is CC(C)[C@H](NS(=O)(=O)c1ccc2c(c1)OCCO2)C(=O)OCc1cccc(Cl)c1. The van der Waals surface area contributed by atoms with Crippen LogP contribution in [0.3, 0.4) is 0 Å². The number of rotatable bonds is 7. The largest absolute Gasteiger partial charge is 0.486 e. The van der Waals surface area contributed by atoms with Crippen molar-refractivity contribution in [3.05, 3.63) is 53.1 Å². The lowest BCUT2D eigenvalue weighted by Gasteiger charge is -2.22. The highest BCUT2D eigenvalue weighted by Gasteiger charge is 2.30. The zero-order valence-electron chi connectivity index (χ0n) is 16.1. The first-order chi connectivity index (χ1) is 13.8. The monoisotopic (exact) mass is 439 g/mol. The molecule has 0 fully saturated rings. The first kappa shape index (κ1) is 21.4. The van der Waals surface area contributed by atoms with Gasteiger partial charge in [-0.1, -0.05) is 37.6 Å². The number of hydrogen-bond acceptors (Lipinski definition) is 6. The first-order valence-corrected chi connectivity index (χ1v) is 11.0. The molecule has 29 heavy (non-hydrogen) atoms. The summed E-state index contributed by atoms with van der Waals surface area (Å²) in [6.45, 7) is 4.21. The van der Waals surface area contributed by atoms with Gasteiger partial charge in [-0.25, -0.2) is 8.42 Å². The number of carbonyl (C=O) groups is 1. The molecule has 0 aromatic heterocycles. The molecule has 3 rings (SSSR count). The molecular weight excluding hydrogens is 418 g/mol. The van der Waals surface area contributed by atoms with E-state index in [0.29, 0.717) is 35.3 Å². The molecule has 0 aliphatic carbocycles. The molecule has 0 saturated carbocycles. The maximum atomic E-state index is 12.8. The number of nitrogens with one attached hydrogen (secondary N) is 1. The molecule has 9 heteroatoms. The fourth-order valence-electron chi connectivity index (χ4n) is 2.75. The third-order valence-corrected chi connectivity index (χ3v) is 5.97. The van der Waals surface area contributed by atoms with Crippen LogP contribution >= 0.6 is 11.6 Å². The Hall–Kier alpha value is -2.29. The maximum absolute atomic E-state index is 12.8. The maximum Gasteiger partial charge on any atom is 0.324 e. The number of sulfonamides is 1. The van der Waals surface area contributed by atoms with E-state index in [2.05, 4.69) is 4.72 Å². The second kappa shape index (κ2) is 9.02. The van der Waals surface area contributed by atoms with E-state index in [1.807, 2.05) is 0 Å². The van der Waals surface area contributed by atoms with Crippen LogP contribution < -0.4 is 14.2 Å². The van der Waals surface area contributed by atoms with E-state index in [-0.39, 0.29) is 17.4 Å². The molecular formula is C20H22ClNO6S. The van der Waals surface area contributed by atoms with Gasteiger partial charge in [0, 0.05) is 11.1 Å². The number of benzene rings is 2. The normalized spacial score (nSPS) is 14.5. The summed E-state index contributed by atoms with van der Waals surface area (Å²) in [6, 6.07) is 10.2. The lowest BCUT2D eigenvalue weighted by Crippen LogP contribution is -2.45. The second-order valence-corrected chi connectivity index (χ2v) is 9.04. The van der Waals surface area contributed by atoms with E-state index in [1.165, 1.54) is 18.2 Å². The highest BCUT2D eigenvalue weighted by Crippen LogP contribution is 2.32. The van der Waals surface area contributed by atoms with E-state index in [9.17, 15) is 13.2 Å². The van der Waals surface area contributed by atoms with Crippen LogP contribution in [0.2, 0.25) is 5.02 Å². The van der Waals surface area contributed by atoms with Gasteiger partial charge in [-0.2, -0.15) is 4.72 Å². The van der Waals surface area contributed by atoms with Crippen molar-refractivity contribution < 1.29 is 27.4 Å². The standard InChI is InChI=1S/C20H22ClNO6S/c1-13(2)19(20(23)28-12-14-4-3-5-15(21)10-14)22-29(24,25)16-6-7-17-18(11-16)27-9-8-26-17/h3-7,10-11,13,19,22H,8-9,12H2,1-2H3/t19-/m0/s1. The van der Waals surface area contributed by atoms with Crippen LogP contribution in [0.15, 0.2) is 47.4 Å². The van der Waals surface area contributed by atoms with Gasteiger partial charge < -0.3 is 14.2 Å². The molecule has 156 valence electrons. The third-order valence-electron chi connectivity index (χ3n) is 4.30. The van der Waals surface area contributed by atoms with E-state index >= 15 is 0 Å². The number of ether oxygens (including phenoxy) is 3. The van der Waals surface area contributed by atoms with E-state index in [1.54, 1.807) is 38.1 Å². The van der Waals surface area contributed by atoms with Crippen molar-refractivity contribution in [3.8, 4) is 11.5 Å². The minimum Gasteiger partial charge on any atom is -0.486 e. The van der Waals surface area contributed by atoms with E-state index in [4.69, 9.17) is 25.8 Å². The van der Waals surface area contributed by atoms with Crippen LogP contribution in [0, 0.1) is 5.92 Å². The Morgan fingerprint density at radius 3 is 2.55 bits per heavy atom. The Morgan fingerprint density at radius 2 is 1.86 bits per heavy atom. The average Bonchev–Trinajstić information content (AvgIpc) is 2.70. The highest BCUT2D eigenvalue weighted by atomic mass is 35.5. The average molecular weight is 440 g/mol. The molecule has 0 saturated heterocycles. The molecule has 2 aromatic rings. The number of esters is 1. The van der Waals surface area contributed by atoms with Crippen molar-refractivity contribution in [3.63, 3.8) is 0 Å². The van der Waals surface area contributed by atoms with Crippen LogP contribution in [0.25, 0.3) is 0 Å². The molecule has 1 heterocycles. The van der Waals surface area contributed by atoms with Crippen molar-refractivity contribution in [2.75, 3.05) is 13.2 Å². The lowest BCUT2D eigenvalue weighted by molar-refractivity contribution is -0.148. The third kappa shape index (κ3) is 5.41.